The molecule has 1 aliphatic carbocycles. The quantitative estimate of drug-likeness (QED) is 0.793. The largest absolute Gasteiger partial charge is 0.310 e. The highest BCUT2D eigenvalue weighted by molar-refractivity contribution is 6.17. The van der Waals surface area contributed by atoms with Crippen LogP contribution in [0, 0.1) is 11.8 Å². The van der Waals surface area contributed by atoms with Gasteiger partial charge >= 0.3 is 0 Å². The van der Waals surface area contributed by atoms with E-state index in [9.17, 15) is 0 Å². The van der Waals surface area contributed by atoms with Gasteiger partial charge in [0.2, 0.25) is 0 Å². The molecule has 20 heavy (non-hydrogen) atoms. The third-order valence-corrected chi connectivity index (χ3v) is 4.55. The lowest BCUT2D eigenvalue weighted by Gasteiger charge is -2.33. The molecule has 2 aromatic heterocycles. The van der Waals surface area contributed by atoms with Crippen LogP contribution >= 0.6 is 11.6 Å². The van der Waals surface area contributed by atoms with Crippen molar-refractivity contribution in [3.8, 4) is 0 Å². The Balaban J connectivity index is 2.05. The van der Waals surface area contributed by atoms with Crippen LogP contribution < -0.4 is 0 Å². The van der Waals surface area contributed by atoms with Crippen molar-refractivity contribution in [2.24, 2.45) is 11.8 Å². The summed E-state index contributed by atoms with van der Waals surface area (Å²) in [6, 6.07) is 4.52. The van der Waals surface area contributed by atoms with E-state index in [-0.39, 0.29) is 0 Å². The van der Waals surface area contributed by atoms with Crippen molar-refractivity contribution in [3.63, 3.8) is 0 Å². The molecule has 0 saturated heterocycles. The summed E-state index contributed by atoms with van der Waals surface area (Å²) < 4.78 is 2.36. The zero-order valence-electron chi connectivity index (χ0n) is 12.2. The predicted molar refractivity (Wildman–Crippen MR) is 83.2 cm³/mol. The Bertz CT molecular complexity index is 582. The van der Waals surface area contributed by atoms with Gasteiger partial charge in [-0.05, 0) is 43.2 Å². The summed E-state index contributed by atoms with van der Waals surface area (Å²) >= 11 is 5.96. The first kappa shape index (κ1) is 13.9. The van der Waals surface area contributed by atoms with Gasteiger partial charge < -0.3 is 4.57 Å². The number of halogens is 1. The van der Waals surface area contributed by atoms with Gasteiger partial charge in [0.05, 0.1) is 0 Å². The van der Waals surface area contributed by atoms with E-state index >= 15 is 0 Å². The molecule has 2 aromatic rings. The van der Waals surface area contributed by atoms with E-state index in [1.54, 1.807) is 0 Å². The fraction of sp³-hybridized carbons (Fsp3) is 0.625. The zero-order chi connectivity index (χ0) is 14.1. The number of pyridine rings is 1. The van der Waals surface area contributed by atoms with Crippen molar-refractivity contribution < 1.29 is 0 Å². The van der Waals surface area contributed by atoms with Gasteiger partial charge in [0.25, 0.3) is 0 Å². The average molecular weight is 292 g/mol. The Morgan fingerprint density at radius 2 is 2.00 bits per heavy atom. The zero-order valence-corrected chi connectivity index (χ0v) is 13.0. The lowest BCUT2D eigenvalue weighted by atomic mass is 9.80. The van der Waals surface area contributed by atoms with Crippen LogP contribution in [0.4, 0.5) is 0 Å². The Morgan fingerprint density at radius 3 is 2.70 bits per heavy atom. The number of fused-ring (bicyclic) bond motifs is 1. The monoisotopic (exact) mass is 291 g/mol. The maximum atomic E-state index is 5.96. The Kier molecular flexibility index (Phi) is 3.97. The molecule has 0 amide bonds. The number of aryl methyl sites for hydroxylation is 1. The Labute approximate surface area is 125 Å². The third-order valence-electron chi connectivity index (χ3n) is 4.36. The fourth-order valence-electron chi connectivity index (χ4n) is 3.74. The molecule has 3 nitrogen and oxygen atoms in total. The maximum absolute atomic E-state index is 5.96. The molecule has 0 bridgehead atoms. The smallest absolute Gasteiger partial charge is 0.160 e. The molecule has 1 fully saturated rings. The molecule has 1 saturated carbocycles. The van der Waals surface area contributed by atoms with Gasteiger partial charge in [-0.2, -0.15) is 0 Å². The molecule has 2 heterocycles. The fourth-order valence-corrected chi connectivity index (χ4v) is 3.91. The molecule has 0 aromatic carbocycles. The summed E-state index contributed by atoms with van der Waals surface area (Å²) in [5, 5.41) is 0. The maximum Gasteiger partial charge on any atom is 0.160 e. The van der Waals surface area contributed by atoms with Crippen LogP contribution in [0.2, 0.25) is 0 Å². The molecule has 108 valence electrons. The normalized spacial score (nSPS) is 27.1. The van der Waals surface area contributed by atoms with Crippen LogP contribution in [-0.4, -0.2) is 20.4 Å². The van der Waals surface area contributed by atoms with E-state index in [2.05, 4.69) is 23.4 Å². The third kappa shape index (κ3) is 2.56. The van der Waals surface area contributed by atoms with Crippen molar-refractivity contribution >= 4 is 22.8 Å². The molecular weight excluding hydrogens is 270 g/mol. The molecular formula is C16H22ClN3. The standard InChI is InChI=1S/C16H22ClN3/c1-11-8-12(2)10-13(9-11)20-15(5-6-17)19-14-4-3-7-18-16(14)20/h3-4,7,11-13H,5-6,8-10H2,1-2H3. The molecule has 2 atom stereocenters. The first-order valence-corrected chi connectivity index (χ1v) is 8.10. The first-order valence-electron chi connectivity index (χ1n) is 7.56. The topological polar surface area (TPSA) is 30.7 Å². The van der Waals surface area contributed by atoms with E-state index < -0.39 is 0 Å². The summed E-state index contributed by atoms with van der Waals surface area (Å²) in [5.41, 5.74) is 2.03. The highest BCUT2D eigenvalue weighted by Gasteiger charge is 2.28. The lowest BCUT2D eigenvalue weighted by Crippen LogP contribution is -2.24. The van der Waals surface area contributed by atoms with Crippen LogP contribution in [0.5, 0.6) is 0 Å². The summed E-state index contributed by atoms with van der Waals surface area (Å²) in [5.74, 6) is 3.25. The van der Waals surface area contributed by atoms with Crippen LogP contribution in [0.15, 0.2) is 18.3 Å². The number of alkyl halides is 1. The minimum Gasteiger partial charge on any atom is -0.310 e. The van der Waals surface area contributed by atoms with E-state index in [4.69, 9.17) is 16.6 Å². The van der Waals surface area contributed by atoms with Gasteiger partial charge in [-0.1, -0.05) is 13.8 Å². The summed E-state index contributed by atoms with van der Waals surface area (Å²) in [6.45, 7) is 4.72. The molecule has 4 heteroatoms. The van der Waals surface area contributed by atoms with Crippen LogP contribution in [0.3, 0.4) is 0 Å². The number of imidazole rings is 1. The number of nitrogens with zero attached hydrogens (tertiary/aromatic N) is 3. The van der Waals surface area contributed by atoms with Crippen LogP contribution in [0.25, 0.3) is 11.2 Å². The number of aromatic nitrogens is 3. The summed E-state index contributed by atoms with van der Waals surface area (Å²) in [4.78, 5) is 9.31. The number of hydrogen-bond acceptors (Lipinski definition) is 2. The van der Waals surface area contributed by atoms with Gasteiger partial charge in [-0.15, -0.1) is 11.6 Å². The van der Waals surface area contributed by atoms with Crippen molar-refractivity contribution in [2.45, 2.75) is 45.6 Å². The minimum absolute atomic E-state index is 0.520. The van der Waals surface area contributed by atoms with E-state index in [1.807, 2.05) is 18.3 Å². The van der Waals surface area contributed by atoms with Crippen molar-refractivity contribution in [1.82, 2.24) is 14.5 Å². The van der Waals surface area contributed by atoms with Gasteiger partial charge in [0, 0.05) is 24.5 Å². The second-order valence-electron chi connectivity index (χ2n) is 6.25. The molecule has 0 radical (unpaired) electrons. The van der Waals surface area contributed by atoms with Gasteiger partial charge in [-0.3, -0.25) is 0 Å². The Hall–Kier alpha value is -1.09. The highest BCUT2D eigenvalue weighted by Crippen LogP contribution is 2.38. The molecule has 0 N–H and O–H groups in total. The van der Waals surface area contributed by atoms with Gasteiger partial charge in [0.15, 0.2) is 5.65 Å². The predicted octanol–water partition coefficient (Wildman–Crippen LogP) is 4.21. The second-order valence-corrected chi connectivity index (χ2v) is 6.63. The second kappa shape index (κ2) is 5.72. The molecule has 2 unspecified atom stereocenters. The van der Waals surface area contributed by atoms with Gasteiger partial charge in [-0.25, -0.2) is 9.97 Å². The first-order chi connectivity index (χ1) is 9.69. The van der Waals surface area contributed by atoms with Crippen LogP contribution in [0.1, 0.15) is 45.0 Å². The van der Waals surface area contributed by atoms with Crippen molar-refractivity contribution in [3.05, 3.63) is 24.2 Å². The molecule has 0 aliphatic heterocycles. The Morgan fingerprint density at radius 1 is 1.25 bits per heavy atom. The highest BCUT2D eigenvalue weighted by atomic mass is 35.5. The summed E-state index contributed by atoms with van der Waals surface area (Å²) in [7, 11) is 0. The molecule has 0 spiro atoms. The minimum atomic E-state index is 0.520. The average Bonchev–Trinajstić information content (AvgIpc) is 2.76. The lowest BCUT2D eigenvalue weighted by molar-refractivity contribution is 0.221. The van der Waals surface area contributed by atoms with E-state index in [0.29, 0.717) is 11.9 Å². The number of rotatable bonds is 3. The van der Waals surface area contributed by atoms with E-state index in [0.717, 1.165) is 35.2 Å². The van der Waals surface area contributed by atoms with Crippen molar-refractivity contribution in [2.75, 3.05) is 5.88 Å². The number of hydrogen-bond donors (Lipinski definition) is 0. The van der Waals surface area contributed by atoms with Crippen molar-refractivity contribution in [1.29, 1.82) is 0 Å². The molecule has 3 rings (SSSR count). The van der Waals surface area contributed by atoms with E-state index in [1.165, 1.54) is 19.3 Å². The van der Waals surface area contributed by atoms with Crippen LogP contribution in [-0.2, 0) is 6.42 Å². The SMILES string of the molecule is CC1CC(C)CC(n2c(CCCl)nc3cccnc32)C1. The van der Waals surface area contributed by atoms with Gasteiger partial charge in [0.1, 0.15) is 11.3 Å². The molecule has 1 aliphatic rings. The summed E-state index contributed by atoms with van der Waals surface area (Å²) in [6.07, 6.45) is 6.46.